The highest BCUT2D eigenvalue weighted by molar-refractivity contribution is 4.67. The molecule has 0 aromatic carbocycles. The predicted octanol–water partition coefficient (Wildman–Crippen LogP) is 2.83. The lowest BCUT2D eigenvalue weighted by molar-refractivity contribution is 0.0403. The fourth-order valence-electron chi connectivity index (χ4n) is 1.39. The molecule has 0 heterocycles. The molecule has 0 aliphatic carbocycles. The molecule has 2 nitrogen and oxygen atoms in total. The molecular weight excluding hydrogens is 174 g/mol. The van der Waals surface area contributed by atoms with Gasteiger partial charge in [0.05, 0.1) is 6.10 Å². The normalized spacial score (nSPS) is 15.9. The summed E-state index contributed by atoms with van der Waals surface area (Å²) in [7, 11) is 0. The molecule has 2 unspecified atom stereocenters. The minimum atomic E-state index is 0.321. The molecule has 2 atom stereocenters. The standard InChI is InChI=1S/C12H27NO/c1-6-13-11(4)12(5)14-9-7-8-10(2)3/h10-13H,6-9H2,1-5H3. The third-order valence-corrected chi connectivity index (χ3v) is 2.54. The molecule has 1 N–H and O–H groups in total. The van der Waals surface area contributed by atoms with Crippen LogP contribution in [0.25, 0.3) is 0 Å². The van der Waals surface area contributed by atoms with Crippen LogP contribution in [0, 0.1) is 5.92 Å². The second-order valence-electron chi connectivity index (χ2n) is 4.46. The summed E-state index contributed by atoms with van der Waals surface area (Å²) in [6.07, 6.45) is 2.77. The maximum Gasteiger partial charge on any atom is 0.0697 e. The molecule has 0 bridgehead atoms. The first-order valence-corrected chi connectivity index (χ1v) is 5.92. The molecule has 86 valence electrons. The highest BCUT2D eigenvalue weighted by atomic mass is 16.5. The minimum Gasteiger partial charge on any atom is -0.377 e. The van der Waals surface area contributed by atoms with Gasteiger partial charge in [-0.1, -0.05) is 20.8 Å². The molecule has 0 aromatic heterocycles. The fourth-order valence-corrected chi connectivity index (χ4v) is 1.39. The van der Waals surface area contributed by atoms with Gasteiger partial charge in [0, 0.05) is 12.6 Å². The van der Waals surface area contributed by atoms with Crippen molar-refractivity contribution in [2.45, 2.75) is 59.6 Å². The first kappa shape index (κ1) is 13.9. The first-order chi connectivity index (χ1) is 6.57. The highest BCUT2D eigenvalue weighted by Crippen LogP contribution is 2.05. The van der Waals surface area contributed by atoms with Gasteiger partial charge >= 0.3 is 0 Å². The lowest BCUT2D eigenvalue weighted by Crippen LogP contribution is -2.37. The third kappa shape index (κ3) is 7.34. The number of rotatable bonds is 8. The zero-order chi connectivity index (χ0) is 11.0. The van der Waals surface area contributed by atoms with Gasteiger partial charge in [-0.05, 0) is 39.2 Å². The summed E-state index contributed by atoms with van der Waals surface area (Å²) < 4.78 is 5.74. The van der Waals surface area contributed by atoms with E-state index in [9.17, 15) is 0 Å². The summed E-state index contributed by atoms with van der Waals surface area (Å²) >= 11 is 0. The molecule has 0 aliphatic heterocycles. The monoisotopic (exact) mass is 201 g/mol. The topological polar surface area (TPSA) is 21.3 Å². The van der Waals surface area contributed by atoms with E-state index in [0.29, 0.717) is 12.1 Å². The Morgan fingerprint density at radius 1 is 1.14 bits per heavy atom. The number of nitrogens with one attached hydrogen (secondary N) is 1. The molecule has 0 radical (unpaired) electrons. The van der Waals surface area contributed by atoms with Crippen LogP contribution in [0.1, 0.15) is 47.5 Å². The molecule has 0 rings (SSSR count). The Labute approximate surface area is 89.4 Å². The molecule has 0 fully saturated rings. The van der Waals surface area contributed by atoms with Crippen molar-refractivity contribution in [2.24, 2.45) is 5.92 Å². The second-order valence-corrected chi connectivity index (χ2v) is 4.46. The predicted molar refractivity (Wildman–Crippen MR) is 62.6 cm³/mol. The minimum absolute atomic E-state index is 0.321. The van der Waals surface area contributed by atoms with Crippen molar-refractivity contribution in [3.63, 3.8) is 0 Å². The van der Waals surface area contributed by atoms with E-state index in [0.717, 1.165) is 19.1 Å². The first-order valence-electron chi connectivity index (χ1n) is 5.92. The van der Waals surface area contributed by atoms with Gasteiger partial charge in [-0.2, -0.15) is 0 Å². The van der Waals surface area contributed by atoms with Crippen molar-refractivity contribution in [1.82, 2.24) is 5.32 Å². The zero-order valence-electron chi connectivity index (χ0n) is 10.5. The maximum absolute atomic E-state index is 5.74. The van der Waals surface area contributed by atoms with Crippen LogP contribution < -0.4 is 5.32 Å². The average Bonchev–Trinajstić information content (AvgIpc) is 2.12. The van der Waals surface area contributed by atoms with Crippen molar-refractivity contribution in [1.29, 1.82) is 0 Å². The van der Waals surface area contributed by atoms with Crippen molar-refractivity contribution in [3.05, 3.63) is 0 Å². The van der Waals surface area contributed by atoms with Crippen LogP contribution in [0.3, 0.4) is 0 Å². The van der Waals surface area contributed by atoms with Gasteiger partial charge in [0.15, 0.2) is 0 Å². The zero-order valence-corrected chi connectivity index (χ0v) is 10.5. The van der Waals surface area contributed by atoms with E-state index < -0.39 is 0 Å². The molecule has 0 spiro atoms. The molecule has 14 heavy (non-hydrogen) atoms. The highest BCUT2D eigenvalue weighted by Gasteiger charge is 2.10. The fraction of sp³-hybridized carbons (Fsp3) is 1.00. The molecule has 0 amide bonds. The number of likely N-dealkylation sites (N-methyl/N-ethyl adjacent to an activating group) is 1. The van der Waals surface area contributed by atoms with E-state index in [1.165, 1.54) is 12.8 Å². The van der Waals surface area contributed by atoms with E-state index in [2.05, 4.69) is 39.9 Å². The lowest BCUT2D eigenvalue weighted by atomic mass is 10.1. The summed E-state index contributed by atoms with van der Waals surface area (Å²) in [6, 6.07) is 0.457. The average molecular weight is 201 g/mol. The van der Waals surface area contributed by atoms with Gasteiger partial charge < -0.3 is 10.1 Å². The van der Waals surface area contributed by atoms with Crippen LogP contribution in [0.4, 0.5) is 0 Å². The van der Waals surface area contributed by atoms with E-state index in [1.54, 1.807) is 0 Å². The summed E-state index contributed by atoms with van der Waals surface area (Å²) in [5.41, 5.74) is 0. The Morgan fingerprint density at radius 2 is 1.79 bits per heavy atom. The Balaban J connectivity index is 3.38. The number of hydrogen-bond donors (Lipinski definition) is 1. The van der Waals surface area contributed by atoms with E-state index in [-0.39, 0.29) is 0 Å². The number of ether oxygens (including phenoxy) is 1. The summed E-state index contributed by atoms with van der Waals surface area (Å²) in [6.45, 7) is 12.9. The van der Waals surface area contributed by atoms with Crippen molar-refractivity contribution in [3.8, 4) is 0 Å². The van der Waals surface area contributed by atoms with Crippen molar-refractivity contribution < 1.29 is 4.74 Å². The smallest absolute Gasteiger partial charge is 0.0697 e. The van der Waals surface area contributed by atoms with Gasteiger partial charge in [-0.3, -0.25) is 0 Å². The maximum atomic E-state index is 5.74. The van der Waals surface area contributed by atoms with Gasteiger partial charge in [-0.25, -0.2) is 0 Å². The van der Waals surface area contributed by atoms with Gasteiger partial charge in [0.1, 0.15) is 0 Å². The van der Waals surface area contributed by atoms with Gasteiger partial charge in [0.2, 0.25) is 0 Å². The summed E-state index contributed by atoms with van der Waals surface area (Å²) in [4.78, 5) is 0. The van der Waals surface area contributed by atoms with Crippen molar-refractivity contribution in [2.75, 3.05) is 13.2 Å². The second kappa shape index (κ2) is 8.25. The van der Waals surface area contributed by atoms with Gasteiger partial charge in [0.25, 0.3) is 0 Å². The molecule has 0 aromatic rings. The Morgan fingerprint density at radius 3 is 2.29 bits per heavy atom. The van der Waals surface area contributed by atoms with Crippen LogP contribution in [0.2, 0.25) is 0 Å². The largest absolute Gasteiger partial charge is 0.377 e. The molecular formula is C12H27NO. The van der Waals surface area contributed by atoms with Crippen LogP contribution in [0.5, 0.6) is 0 Å². The van der Waals surface area contributed by atoms with E-state index in [4.69, 9.17) is 4.74 Å². The van der Waals surface area contributed by atoms with Crippen LogP contribution >= 0.6 is 0 Å². The van der Waals surface area contributed by atoms with E-state index >= 15 is 0 Å². The lowest BCUT2D eigenvalue weighted by Gasteiger charge is -2.21. The third-order valence-electron chi connectivity index (χ3n) is 2.54. The van der Waals surface area contributed by atoms with Crippen LogP contribution in [0.15, 0.2) is 0 Å². The Hall–Kier alpha value is -0.0800. The molecule has 2 heteroatoms. The summed E-state index contributed by atoms with van der Waals surface area (Å²) in [5, 5.41) is 3.37. The molecule has 0 saturated heterocycles. The summed E-state index contributed by atoms with van der Waals surface area (Å²) in [5.74, 6) is 0.792. The SMILES string of the molecule is CCNC(C)C(C)OCCCC(C)C. The van der Waals surface area contributed by atoms with Crippen LogP contribution in [-0.4, -0.2) is 25.3 Å². The molecule has 0 aliphatic rings. The van der Waals surface area contributed by atoms with Crippen LogP contribution in [-0.2, 0) is 4.74 Å². The quantitative estimate of drug-likeness (QED) is 0.610. The van der Waals surface area contributed by atoms with Gasteiger partial charge in [-0.15, -0.1) is 0 Å². The van der Waals surface area contributed by atoms with Crippen molar-refractivity contribution >= 4 is 0 Å². The number of hydrogen-bond acceptors (Lipinski definition) is 2. The molecule has 0 saturated carbocycles. The van der Waals surface area contributed by atoms with E-state index in [1.807, 2.05) is 0 Å². The Bertz CT molecular complexity index is 125. The Kier molecular flexibility index (Phi) is 8.20.